The maximum atomic E-state index is 13.2. The van der Waals surface area contributed by atoms with Gasteiger partial charge in [-0.2, -0.15) is 0 Å². The lowest BCUT2D eigenvalue weighted by Gasteiger charge is -2.35. The van der Waals surface area contributed by atoms with Gasteiger partial charge in [0.05, 0.1) is 5.39 Å². The van der Waals surface area contributed by atoms with Crippen LogP contribution in [0.15, 0.2) is 17.8 Å². The summed E-state index contributed by atoms with van der Waals surface area (Å²) in [6.07, 6.45) is 5.79. The molecule has 2 aliphatic heterocycles. The molecule has 8 heteroatoms. The van der Waals surface area contributed by atoms with Gasteiger partial charge in [0.2, 0.25) is 5.91 Å². The fraction of sp³-hybridized carbons (Fsp3) is 0.611. The lowest BCUT2D eigenvalue weighted by atomic mass is 9.96. The fourth-order valence-corrected chi connectivity index (χ4v) is 4.87. The van der Waals surface area contributed by atoms with Crippen LogP contribution in [0.3, 0.4) is 0 Å². The van der Waals surface area contributed by atoms with E-state index in [2.05, 4.69) is 31.2 Å². The van der Waals surface area contributed by atoms with Gasteiger partial charge in [-0.25, -0.2) is 9.97 Å². The third kappa shape index (κ3) is 3.66. The summed E-state index contributed by atoms with van der Waals surface area (Å²) in [5.74, 6) is 1.90. The Labute approximate surface area is 164 Å². The standard InChI is InChI=1S/C18H25N5OS.ClH/c1-19-11-13-4-8-22(9-5-13)18(24)15-3-2-7-23(15)16-14-6-10-25-17(14)21-12-20-16;/h6,10,12-13,15,19H,2-5,7-9,11H2,1H3;1H. The molecule has 2 fully saturated rings. The Kier molecular flexibility index (Phi) is 6.32. The van der Waals surface area contributed by atoms with Crippen molar-refractivity contribution in [3.05, 3.63) is 17.8 Å². The summed E-state index contributed by atoms with van der Waals surface area (Å²) in [4.78, 5) is 27.3. The van der Waals surface area contributed by atoms with Gasteiger partial charge >= 0.3 is 0 Å². The summed E-state index contributed by atoms with van der Waals surface area (Å²) in [5.41, 5.74) is 0. The number of hydrogen-bond donors (Lipinski definition) is 1. The summed E-state index contributed by atoms with van der Waals surface area (Å²) < 4.78 is 0. The minimum atomic E-state index is -0.0705. The number of aromatic nitrogens is 2. The number of carbonyl (C=O) groups excluding carboxylic acids is 1. The van der Waals surface area contributed by atoms with Crippen LogP contribution in [0, 0.1) is 5.92 Å². The molecule has 0 aliphatic carbocycles. The molecule has 142 valence electrons. The number of halogens is 1. The molecule has 1 N–H and O–H groups in total. The normalized spacial score (nSPS) is 21.2. The predicted octanol–water partition coefficient (Wildman–Crippen LogP) is 2.54. The lowest BCUT2D eigenvalue weighted by Crippen LogP contribution is -2.49. The second kappa shape index (κ2) is 8.50. The molecule has 1 unspecified atom stereocenters. The molecule has 1 atom stereocenters. The van der Waals surface area contributed by atoms with Crippen LogP contribution in [0.2, 0.25) is 0 Å². The van der Waals surface area contributed by atoms with Crippen molar-refractivity contribution in [3.8, 4) is 0 Å². The SMILES string of the molecule is CNCC1CCN(C(=O)C2CCCN2c2ncnc3sccc23)CC1.Cl. The van der Waals surface area contributed by atoms with E-state index in [4.69, 9.17) is 0 Å². The summed E-state index contributed by atoms with van der Waals surface area (Å²) >= 11 is 1.62. The second-order valence-corrected chi connectivity index (χ2v) is 7.91. The molecular weight excluding hydrogens is 370 g/mol. The van der Waals surface area contributed by atoms with Crippen LogP contribution in [0.25, 0.3) is 10.2 Å². The monoisotopic (exact) mass is 395 g/mol. The number of likely N-dealkylation sites (tertiary alicyclic amines) is 1. The largest absolute Gasteiger partial charge is 0.344 e. The summed E-state index contributed by atoms with van der Waals surface area (Å²) in [6, 6.07) is 2.00. The van der Waals surface area contributed by atoms with E-state index in [1.165, 1.54) is 0 Å². The number of carbonyl (C=O) groups is 1. The van der Waals surface area contributed by atoms with Gasteiger partial charge in [-0.1, -0.05) is 0 Å². The van der Waals surface area contributed by atoms with Crippen molar-refractivity contribution < 1.29 is 4.79 Å². The smallest absolute Gasteiger partial charge is 0.245 e. The van der Waals surface area contributed by atoms with E-state index in [1.807, 2.05) is 12.4 Å². The zero-order valence-corrected chi connectivity index (χ0v) is 16.7. The Morgan fingerprint density at radius 2 is 2.08 bits per heavy atom. The summed E-state index contributed by atoms with van der Waals surface area (Å²) in [7, 11) is 2.00. The summed E-state index contributed by atoms with van der Waals surface area (Å²) in [5, 5.41) is 6.37. The van der Waals surface area contributed by atoms with Crippen LogP contribution in [-0.4, -0.2) is 60.0 Å². The van der Waals surface area contributed by atoms with E-state index in [-0.39, 0.29) is 24.4 Å². The zero-order chi connectivity index (χ0) is 17.2. The number of amides is 1. The van der Waals surface area contributed by atoms with E-state index in [9.17, 15) is 4.79 Å². The van der Waals surface area contributed by atoms with Crippen LogP contribution in [0.1, 0.15) is 25.7 Å². The van der Waals surface area contributed by atoms with Crippen molar-refractivity contribution in [2.24, 2.45) is 5.92 Å². The van der Waals surface area contributed by atoms with Gasteiger partial charge in [-0.05, 0) is 56.6 Å². The molecular formula is C18H26ClN5OS. The molecule has 26 heavy (non-hydrogen) atoms. The molecule has 0 aromatic carbocycles. The number of rotatable bonds is 4. The molecule has 1 amide bonds. The molecule has 0 saturated carbocycles. The maximum absolute atomic E-state index is 13.2. The van der Waals surface area contributed by atoms with Crippen LogP contribution in [-0.2, 0) is 4.79 Å². The van der Waals surface area contributed by atoms with Crippen molar-refractivity contribution >= 4 is 45.7 Å². The molecule has 6 nitrogen and oxygen atoms in total. The van der Waals surface area contributed by atoms with Crippen LogP contribution in [0.5, 0.6) is 0 Å². The van der Waals surface area contributed by atoms with Crippen molar-refractivity contribution in [1.82, 2.24) is 20.2 Å². The van der Waals surface area contributed by atoms with E-state index < -0.39 is 0 Å². The highest BCUT2D eigenvalue weighted by atomic mass is 35.5. The Balaban J connectivity index is 0.00000196. The molecule has 2 aromatic rings. The Morgan fingerprint density at radius 3 is 2.85 bits per heavy atom. The highest BCUT2D eigenvalue weighted by Crippen LogP contribution is 2.32. The van der Waals surface area contributed by atoms with Crippen molar-refractivity contribution in [2.45, 2.75) is 31.7 Å². The minimum absolute atomic E-state index is 0. The van der Waals surface area contributed by atoms with Gasteiger partial charge in [0.1, 0.15) is 23.0 Å². The number of piperidine rings is 1. The van der Waals surface area contributed by atoms with Gasteiger partial charge in [0.25, 0.3) is 0 Å². The topological polar surface area (TPSA) is 61.4 Å². The van der Waals surface area contributed by atoms with Crippen molar-refractivity contribution in [3.63, 3.8) is 0 Å². The number of nitrogens with zero attached hydrogens (tertiary/aromatic N) is 4. The third-order valence-electron chi connectivity index (χ3n) is 5.47. The van der Waals surface area contributed by atoms with E-state index in [1.54, 1.807) is 17.7 Å². The van der Waals surface area contributed by atoms with Gasteiger partial charge in [-0.15, -0.1) is 23.7 Å². The summed E-state index contributed by atoms with van der Waals surface area (Å²) in [6.45, 7) is 3.71. The quantitative estimate of drug-likeness (QED) is 0.861. The number of thiophene rings is 1. The Morgan fingerprint density at radius 1 is 1.27 bits per heavy atom. The molecule has 4 rings (SSSR count). The second-order valence-electron chi connectivity index (χ2n) is 7.01. The highest BCUT2D eigenvalue weighted by molar-refractivity contribution is 7.16. The van der Waals surface area contributed by atoms with Gasteiger partial charge in [0.15, 0.2) is 0 Å². The Bertz CT molecular complexity index is 746. The fourth-order valence-electron chi connectivity index (χ4n) is 4.14. The third-order valence-corrected chi connectivity index (χ3v) is 6.29. The minimum Gasteiger partial charge on any atom is -0.344 e. The molecule has 2 aliphatic rings. The maximum Gasteiger partial charge on any atom is 0.245 e. The predicted molar refractivity (Wildman–Crippen MR) is 108 cm³/mol. The number of fused-ring (bicyclic) bond motifs is 1. The number of anilines is 1. The number of nitrogens with one attached hydrogen (secondary N) is 1. The molecule has 4 heterocycles. The van der Waals surface area contributed by atoms with Crippen LogP contribution < -0.4 is 10.2 Å². The first-order valence-corrected chi connectivity index (χ1v) is 10.0. The van der Waals surface area contributed by atoms with Gasteiger partial charge in [0, 0.05) is 19.6 Å². The zero-order valence-electron chi connectivity index (χ0n) is 15.1. The van der Waals surface area contributed by atoms with E-state index in [0.29, 0.717) is 5.92 Å². The molecule has 2 saturated heterocycles. The molecule has 0 radical (unpaired) electrons. The number of hydrogen-bond acceptors (Lipinski definition) is 6. The van der Waals surface area contributed by atoms with Crippen LogP contribution >= 0.6 is 23.7 Å². The molecule has 0 bridgehead atoms. The average molecular weight is 396 g/mol. The van der Waals surface area contributed by atoms with Crippen molar-refractivity contribution in [2.75, 3.05) is 38.1 Å². The molecule has 0 spiro atoms. The van der Waals surface area contributed by atoms with Gasteiger partial charge < -0.3 is 15.1 Å². The first-order valence-electron chi connectivity index (χ1n) is 9.16. The molecule has 2 aromatic heterocycles. The Hall–Kier alpha value is -1.44. The van der Waals surface area contributed by atoms with E-state index >= 15 is 0 Å². The average Bonchev–Trinajstić information content (AvgIpc) is 3.31. The lowest BCUT2D eigenvalue weighted by molar-refractivity contribution is -0.133. The van der Waals surface area contributed by atoms with E-state index in [0.717, 1.165) is 67.9 Å². The highest BCUT2D eigenvalue weighted by Gasteiger charge is 2.36. The first-order chi connectivity index (χ1) is 12.3. The van der Waals surface area contributed by atoms with Gasteiger partial charge in [-0.3, -0.25) is 4.79 Å². The van der Waals surface area contributed by atoms with Crippen LogP contribution in [0.4, 0.5) is 5.82 Å². The first kappa shape index (κ1) is 19.3. The van der Waals surface area contributed by atoms with Crippen molar-refractivity contribution in [1.29, 1.82) is 0 Å².